The van der Waals surface area contributed by atoms with Crippen molar-refractivity contribution in [3.05, 3.63) is 53.8 Å². The van der Waals surface area contributed by atoms with E-state index in [0.717, 1.165) is 64.1 Å². The maximum Gasteiger partial charge on any atom is 0.251 e. The topological polar surface area (TPSA) is 103 Å². The van der Waals surface area contributed by atoms with E-state index in [1.54, 1.807) is 25.3 Å². The third-order valence-electron chi connectivity index (χ3n) is 9.96. The monoisotopic (exact) mass is 591 g/mol. The van der Waals surface area contributed by atoms with E-state index in [2.05, 4.69) is 25.8 Å². The summed E-state index contributed by atoms with van der Waals surface area (Å²) in [6.45, 7) is 5.14. The first-order chi connectivity index (χ1) is 20.8. The van der Waals surface area contributed by atoms with Crippen LogP contribution in [-0.4, -0.2) is 74.5 Å². The summed E-state index contributed by atoms with van der Waals surface area (Å²) < 4.78 is 20.2. The number of benzene rings is 2. The van der Waals surface area contributed by atoms with Gasteiger partial charge >= 0.3 is 0 Å². The molecule has 3 N–H and O–H groups in total. The van der Waals surface area contributed by atoms with E-state index in [4.69, 9.17) is 4.74 Å². The Balaban J connectivity index is 0.909. The number of hydrogen-bond acceptors (Lipinski definition) is 7. The first-order valence-corrected chi connectivity index (χ1v) is 15.6. The lowest BCUT2D eigenvalue weighted by atomic mass is 9.60. The molecule has 2 aromatic carbocycles. The number of hydrogen-bond donors (Lipinski definition) is 3. The van der Waals surface area contributed by atoms with E-state index in [-0.39, 0.29) is 35.8 Å². The molecule has 1 unspecified atom stereocenters. The molecule has 3 aliphatic heterocycles. The second-order valence-corrected chi connectivity index (χ2v) is 12.9. The van der Waals surface area contributed by atoms with Crippen LogP contribution in [0.25, 0.3) is 0 Å². The average molecular weight is 592 g/mol. The highest BCUT2D eigenvalue weighted by Crippen LogP contribution is 2.49. The van der Waals surface area contributed by atoms with E-state index in [1.807, 2.05) is 24.3 Å². The first kappa shape index (κ1) is 29.4. The predicted molar refractivity (Wildman–Crippen MR) is 163 cm³/mol. The lowest BCUT2D eigenvalue weighted by Gasteiger charge is -2.52. The highest BCUT2D eigenvalue weighted by atomic mass is 19.1. The number of amides is 3. The zero-order chi connectivity index (χ0) is 30.0. The SMILES string of the molecule is COc1cccc(C(=O)NC2CC3(CCN(CC4CCN(c5ccc(NC6CCC(=O)NC6=O)c(F)c5)CC4)CC3)C2)c1. The third-order valence-corrected chi connectivity index (χ3v) is 9.96. The molecule has 10 heteroatoms. The molecule has 43 heavy (non-hydrogen) atoms. The Bertz CT molecular complexity index is 1340. The Morgan fingerprint density at radius 3 is 2.51 bits per heavy atom. The van der Waals surface area contributed by atoms with Crippen molar-refractivity contribution < 1.29 is 23.5 Å². The van der Waals surface area contributed by atoms with Gasteiger partial charge in [0.1, 0.15) is 17.6 Å². The summed E-state index contributed by atoms with van der Waals surface area (Å²) in [6.07, 6.45) is 7.28. The number of carbonyl (C=O) groups excluding carboxylic acids is 3. The van der Waals surface area contributed by atoms with Gasteiger partial charge in [0.05, 0.1) is 12.8 Å². The number of halogens is 1. The third kappa shape index (κ3) is 6.79. The minimum Gasteiger partial charge on any atom is -0.497 e. The number of ether oxygens (including phenoxy) is 1. The van der Waals surface area contributed by atoms with Gasteiger partial charge < -0.3 is 25.2 Å². The van der Waals surface area contributed by atoms with E-state index >= 15 is 0 Å². The normalized spacial score (nSPS) is 23.0. The molecular formula is C33H42FN5O4. The zero-order valence-electron chi connectivity index (χ0n) is 24.9. The molecule has 1 saturated carbocycles. The number of nitrogens with zero attached hydrogens (tertiary/aromatic N) is 2. The van der Waals surface area contributed by atoms with Gasteiger partial charge in [-0.3, -0.25) is 19.7 Å². The molecule has 0 aromatic heterocycles. The second kappa shape index (κ2) is 12.5. The van der Waals surface area contributed by atoms with Gasteiger partial charge in [-0.25, -0.2) is 4.39 Å². The van der Waals surface area contributed by atoms with Crippen LogP contribution in [0.3, 0.4) is 0 Å². The molecule has 4 fully saturated rings. The van der Waals surface area contributed by atoms with Crippen LogP contribution in [0.1, 0.15) is 61.7 Å². The van der Waals surface area contributed by atoms with Gasteiger partial charge in [-0.15, -0.1) is 0 Å². The molecule has 230 valence electrons. The molecular weight excluding hydrogens is 549 g/mol. The molecule has 4 aliphatic rings. The van der Waals surface area contributed by atoms with Crippen LogP contribution in [0.4, 0.5) is 15.8 Å². The van der Waals surface area contributed by atoms with Crippen molar-refractivity contribution in [2.45, 2.75) is 63.5 Å². The average Bonchev–Trinajstić information content (AvgIpc) is 3.00. The van der Waals surface area contributed by atoms with Gasteiger partial charge in [-0.05, 0) is 106 Å². The highest BCUT2D eigenvalue weighted by molar-refractivity contribution is 6.01. The van der Waals surface area contributed by atoms with Crippen LogP contribution in [0, 0.1) is 17.2 Å². The lowest BCUT2D eigenvalue weighted by molar-refractivity contribution is -0.133. The van der Waals surface area contributed by atoms with Crippen molar-refractivity contribution in [2.75, 3.05) is 50.1 Å². The first-order valence-electron chi connectivity index (χ1n) is 15.6. The summed E-state index contributed by atoms with van der Waals surface area (Å²) in [7, 11) is 1.61. The fraction of sp³-hybridized carbons (Fsp3) is 0.545. The van der Waals surface area contributed by atoms with Gasteiger partial charge in [-0.2, -0.15) is 0 Å². The van der Waals surface area contributed by atoms with Gasteiger partial charge in [0.2, 0.25) is 11.8 Å². The summed E-state index contributed by atoms with van der Waals surface area (Å²) >= 11 is 0. The Morgan fingerprint density at radius 1 is 1.05 bits per heavy atom. The van der Waals surface area contributed by atoms with Gasteiger partial charge in [-0.1, -0.05) is 6.07 Å². The number of likely N-dealkylation sites (tertiary alicyclic amines) is 1. The molecule has 1 atom stereocenters. The smallest absolute Gasteiger partial charge is 0.251 e. The summed E-state index contributed by atoms with van der Waals surface area (Å²) in [5.41, 5.74) is 2.16. The Hall–Kier alpha value is -3.66. The predicted octanol–water partition coefficient (Wildman–Crippen LogP) is 3.94. The minimum atomic E-state index is -0.602. The maximum absolute atomic E-state index is 14.9. The molecule has 0 radical (unpaired) electrons. The molecule has 6 rings (SSSR count). The fourth-order valence-corrected chi connectivity index (χ4v) is 7.31. The number of anilines is 2. The van der Waals surface area contributed by atoms with Crippen molar-refractivity contribution in [3.63, 3.8) is 0 Å². The number of piperidine rings is 3. The van der Waals surface area contributed by atoms with Crippen molar-refractivity contribution in [3.8, 4) is 5.75 Å². The Kier molecular flexibility index (Phi) is 8.56. The van der Waals surface area contributed by atoms with Crippen LogP contribution in [0.2, 0.25) is 0 Å². The Labute approximate surface area is 252 Å². The lowest BCUT2D eigenvalue weighted by Crippen LogP contribution is -2.55. The van der Waals surface area contributed by atoms with Crippen LogP contribution < -0.4 is 25.6 Å². The van der Waals surface area contributed by atoms with Crippen LogP contribution in [0.15, 0.2) is 42.5 Å². The largest absolute Gasteiger partial charge is 0.497 e. The minimum absolute atomic E-state index is 0.0231. The Morgan fingerprint density at radius 2 is 1.81 bits per heavy atom. The maximum atomic E-state index is 14.9. The molecule has 1 aliphatic carbocycles. The summed E-state index contributed by atoms with van der Waals surface area (Å²) in [6, 6.07) is 12.1. The number of imide groups is 1. The molecule has 1 spiro atoms. The summed E-state index contributed by atoms with van der Waals surface area (Å²) in [5.74, 6) is 0.234. The number of nitrogens with one attached hydrogen (secondary N) is 3. The fourth-order valence-electron chi connectivity index (χ4n) is 7.31. The van der Waals surface area contributed by atoms with E-state index < -0.39 is 11.9 Å². The van der Waals surface area contributed by atoms with E-state index in [9.17, 15) is 18.8 Å². The van der Waals surface area contributed by atoms with Crippen LogP contribution in [0.5, 0.6) is 5.75 Å². The number of methoxy groups -OCH3 is 1. The highest BCUT2D eigenvalue weighted by Gasteiger charge is 2.46. The van der Waals surface area contributed by atoms with Crippen molar-refractivity contribution in [1.82, 2.24) is 15.5 Å². The van der Waals surface area contributed by atoms with Crippen molar-refractivity contribution in [1.29, 1.82) is 0 Å². The molecule has 3 amide bonds. The molecule has 3 saturated heterocycles. The van der Waals surface area contributed by atoms with E-state index in [0.29, 0.717) is 29.1 Å². The standard InChI is InChI=1S/C33H42FN5O4/c1-43-26-4-2-3-23(17-26)31(41)35-24-19-33(20-24)11-15-38(16-12-33)21-22-9-13-39(14-10-22)25-5-6-28(27(34)18-25)36-29-7-8-30(40)37-32(29)42/h2-6,17-18,22,24,29,36H,7-16,19-21H2,1H3,(H,35,41)(H,37,40,42). The van der Waals surface area contributed by atoms with Gasteiger partial charge in [0.15, 0.2) is 0 Å². The summed E-state index contributed by atoms with van der Waals surface area (Å²) in [5, 5.41) is 8.46. The van der Waals surface area contributed by atoms with Crippen LogP contribution >= 0.6 is 0 Å². The van der Waals surface area contributed by atoms with Gasteiger partial charge in [0, 0.05) is 43.3 Å². The molecule has 0 bridgehead atoms. The molecule has 9 nitrogen and oxygen atoms in total. The number of carbonyl (C=O) groups is 3. The molecule has 3 heterocycles. The van der Waals surface area contributed by atoms with Gasteiger partial charge in [0.25, 0.3) is 5.91 Å². The van der Waals surface area contributed by atoms with E-state index in [1.165, 1.54) is 12.8 Å². The zero-order valence-corrected chi connectivity index (χ0v) is 24.9. The van der Waals surface area contributed by atoms with Crippen molar-refractivity contribution in [2.24, 2.45) is 11.3 Å². The van der Waals surface area contributed by atoms with Crippen LogP contribution in [-0.2, 0) is 9.59 Å². The second-order valence-electron chi connectivity index (χ2n) is 12.9. The molecule has 2 aromatic rings. The number of rotatable bonds is 8. The summed E-state index contributed by atoms with van der Waals surface area (Å²) in [4.78, 5) is 40.9. The quantitative estimate of drug-likeness (QED) is 0.400. The van der Waals surface area contributed by atoms with Crippen molar-refractivity contribution >= 4 is 29.1 Å².